The Morgan fingerprint density at radius 3 is 2.89 bits per heavy atom. The Balaban J connectivity index is 1.54. The number of allylic oxidation sites excluding steroid dienone is 2. The Bertz CT molecular complexity index is 1570. The van der Waals surface area contributed by atoms with Crippen LogP contribution < -0.4 is 15.9 Å². The van der Waals surface area contributed by atoms with E-state index in [0.29, 0.717) is 35.0 Å². The summed E-state index contributed by atoms with van der Waals surface area (Å²) in [6.45, 7) is 4.34. The van der Waals surface area contributed by atoms with Crippen LogP contribution in [-0.4, -0.2) is 50.7 Å². The van der Waals surface area contributed by atoms with Crippen LogP contribution in [0.5, 0.6) is 0 Å². The predicted molar refractivity (Wildman–Crippen MR) is 133 cm³/mol. The lowest BCUT2D eigenvalue weighted by Crippen LogP contribution is -2.68. The van der Waals surface area contributed by atoms with Crippen LogP contribution in [0.3, 0.4) is 0 Å². The molecule has 3 unspecified atom stereocenters. The van der Waals surface area contributed by atoms with Gasteiger partial charge in [-0.15, -0.1) is 6.42 Å². The van der Waals surface area contributed by atoms with E-state index < -0.39 is 17.7 Å². The second kappa shape index (κ2) is 7.95. The molecule has 0 saturated carbocycles. The van der Waals surface area contributed by atoms with Gasteiger partial charge in [-0.2, -0.15) is 0 Å². The topological polar surface area (TPSA) is 68.7 Å². The molecule has 2 aromatic rings. The number of anilines is 1. The lowest BCUT2D eigenvalue weighted by atomic mass is 9.86. The van der Waals surface area contributed by atoms with Crippen molar-refractivity contribution in [3.63, 3.8) is 0 Å². The number of carboxylic acid groups (broad SMARTS) is 1. The van der Waals surface area contributed by atoms with Crippen LogP contribution in [0, 0.1) is 24.0 Å². The summed E-state index contributed by atoms with van der Waals surface area (Å²) >= 11 is 0. The van der Waals surface area contributed by atoms with E-state index in [4.69, 9.17) is 6.42 Å². The maximum Gasteiger partial charge on any atom is 0.407 e. The highest BCUT2D eigenvalue weighted by molar-refractivity contribution is 5.83. The van der Waals surface area contributed by atoms with Gasteiger partial charge in [0.15, 0.2) is 5.82 Å². The summed E-state index contributed by atoms with van der Waals surface area (Å²) in [4.78, 5) is 19.8. The summed E-state index contributed by atoms with van der Waals surface area (Å²) in [5.41, 5.74) is 3.77. The molecule has 0 radical (unpaired) electrons. The van der Waals surface area contributed by atoms with Crippen molar-refractivity contribution in [2.24, 2.45) is 0 Å². The third-order valence-electron chi connectivity index (χ3n) is 7.74. The Hall–Kier alpha value is -4.12. The van der Waals surface area contributed by atoms with Crippen molar-refractivity contribution in [2.75, 3.05) is 11.9 Å². The normalized spacial score (nSPS) is 25.2. The first-order valence-corrected chi connectivity index (χ1v) is 11.9. The highest BCUT2D eigenvalue weighted by atomic mass is 19.1. The number of benzene rings is 1. The smallest absolute Gasteiger partial charge is 0.407 e. The largest absolute Gasteiger partial charge is 0.465 e. The summed E-state index contributed by atoms with van der Waals surface area (Å²) in [6, 6.07) is 2.86. The van der Waals surface area contributed by atoms with Gasteiger partial charge in [0.25, 0.3) is 0 Å². The minimum absolute atomic E-state index is 0.0368. The molecule has 182 valence electrons. The third-order valence-corrected chi connectivity index (χ3v) is 7.74. The second-order valence-electron chi connectivity index (χ2n) is 9.63. The van der Waals surface area contributed by atoms with Crippen molar-refractivity contribution >= 4 is 29.1 Å². The van der Waals surface area contributed by atoms with E-state index in [-0.39, 0.29) is 29.0 Å². The summed E-state index contributed by atoms with van der Waals surface area (Å²) < 4.78 is 30.7. The average molecular weight is 487 g/mol. The van der Waals surface area contributed by atoms with E-state index in [1.807, 2.05) is 32.1 Å². The van der Waals surface area contributed by atoms with E-state index in [2.05, 4.69) is 21.1 Å². The molecule has 2 fully saturated rings. The number of hydrogen-bond donors (Lipinski definition) is 2. The molecule has 6 rings (SSSR count). The molecule has 0 spiro atoms. The predicted octanol–water partition coefficient (Wildman–Crippen LogP) is 3.22. The molecule has 36 heavy (non-hydrogen) atoms. The molecule has 2 N–H and O–H groups in total. The lowest BCUT2D eigenvalue weighted by molar-refractivity contribution is 0.0168. The van der Waals surface area contributed by atoms with Crippen LogP contribution in [0.1, 0.15) is 43.4 Å². The monoisotopic (exact) mass is 486 g/mol. The molecule has 8 heteroatoms. The molecule has 1 amide bonds. The van der Waals surface area contributed by atoms with Gasteiger partial charge >= 0.3 is 6.09 Å². The molecule has 3 aliphatic heterocycles. The Kier molecular flexibility index (Phi) is 4.94. The number of nitrogens with one attached hydrogen (secondary N) is 1. The number of aromatic nitrogens is 1. The number of rotatable bonds is 1. The van der Waals surface area contributed by atoms with Crippen LogP contribution in [-0.2, 0) is 0 Å². The van der Waals surface area contributed by atoms with Gasteiger partial charge in [0.2, 0.25) is 0 Å². The fraction of sp³-hybridized carbons (Fsp3) is 0.286. The fourth-order valence-corrected chi connectivity index (χ4v) is 6.23. The van der Waals surface area contributed by atoms with Crippen LogP contribution in [0.4, 0.5) is 19.3 Å². The molecular weight excluding hydrogens is 462 g/mol. The van der Waals surface area contributed by atoms with Crippen LogP contribution in [0.15, 0.2) is 36.2 Å². The van der Waals surface area contributed by atoms with Gasteiger partial charge < -0.3 is 20.2 Å². The molecule has 1 aromatic carbocycles. The molecule has 0 bridgehead atoms. The van der Waals surface area contributed by atoms with Crippen molar-refractivity contribution in [1.82, 2.24) is 14.8 Å². The fourth-order valence-electron chi connectivity index (χ4n) is 6.23. The zero-order valence-electron chi connectivity index (χ0n) is 19.8. The summed E-state index contributed by atoms with van der Waals surface area (Å²) in [5, 5.41) is 13.4. The first-order valence-electron chi connectivity index (χ1n) is 11.9. The molecule has 4 aliphatic rings. The summed E-state index contributed by atoms with van der Waals surface area (Å²) in [6.07, 6.45) is 13.2. The quantitative estimate of drug-likeness (QED) is 0.606. The number of nitrogens with zero attached hydrogens (tertiary/aromatic N) is 3. The SMILES string of the molecule is C#Cc1c(F)ccc2c1C(=c1ncc3c(c1F)NC(C)=CC=3N1C(C)C3C1CCN3C(=O)O)CC=C2. The zero-order valence-corrected chi connectivity index (χ0v) is 19.8. The van der Waals surface area contributed by atoms with Gasteiger partial charge in [0.05, 0.1) is 29.0 Å². The van der Waals surface area contributed by atoms with Gasteiger partial charge in [-0.05, 0) is 50.0 Å². The number of carbonyl (C=O) groups is 1. The summed E-state index contributed by atoms with van der Waals surface area (Å²) in [5.74, 6) is 1.38. The number of halogens is 2. The maximum absolute atomic E-state index is 16.2. The van der Waals surface area contributed by atoms with Gasteiger partial charge in [-0.3, -0.25) is 4.98 Å². The number of hydrogen-bond acceptors (Lipinski definition) is 4. The minimum atomic E-state index is -0.907. The van der Waals surface area contributed by atoms with Crippen molar-refractivity contribution < 1.29 is 18.7 Å². The highest BCUT2D eigenvalue weighted by Gasteiger charge is 2.54. The minimum Gasteiger partial charge on any atom is -0.465 e. The van der Waals surface area contributed by atoms with E-state index in [1.54, 1.807) is 12.3 Å². The Morgan fingerprint density at radius 1 is 1.33 bits per heavy atom. The van der Waals surface area contributed by atoms with Crippen molar-refractivity contribution in [3.05, 3.63) is 75.1 Å². The Labute approximate surface area is 206 Å². The van der Waals surface area contributed by atoms with Gasteiger partial charge in [-0.25, -0.2) is 13.6 Å². The van der Waals surface area contributed by atoms with E-state index >= 15 is 4.39 Å². The summed E-state index contributed by atoms with van der Waals surface area (Å²) in [7, 11) is 0. The first-order chi connectivity index (χ1) is 17.3. The standard InChI is InChI=1S/C28H24F2N4O2/c1-4-17-20(29)9-8-16-6-5-7-18(23(16)17)25-24(30)26-19(13-31-25)22(12-14(2)32-26)34-15(3)27-21(34)10-11-33(27)28(35)36/h1,5-6,8-9,12-13,15,21,27,32H,7,10-11H2,2-3H3,(H,35,36). The van der Waals surface area contributed by atoms with E-state index in [0.717, 1.165) is 23.4 Å². The molecule has 1 aromatic heterocycles. The third kappa shape index (κ3) is 3.02. The van der Waals surface area contributed by atoms with Crippen LogP contribution in [0.2, 0.25) is 0 Å². The number of likely N-dealkylation sites (tertiary alicyclic amines) is 2. The van der Waals surface area contributed by atoms with Gasteiger partial charge in [0, 0.05) is 35.3 Å². The second-order valence-corrected chi connectivity index (χ2v) is 9.63. The molecule has 3 atom stereocenters. The number of terminal acetylenes is 1. The van der Waals surface area contributed by atoms with Crippen LogP contribution in [0.25, 0.3) is 17.3 Å². The highest BCUT2D eigenvalue weighted by Crippen LogP contribution is 2.42. The Morgan fingerprint density at radius 2 is 2.14 bits per heavy atom. The van der Waals surface area contributed by atoms with E-state index in [9.17, 15) is 14.3 Å². The van der Waals surface area contributed by atoms with Crippen molar-refractivity contribution in [1.29, 1.82) is 0 Å². The van der Waals surface area contributed by atoms with Gasteiger partial charge in [-0.1, -0.05) is 24.1 Å². The van der Waals surface area contributed by atoms with E-state index in [1.165, 1.54) is 11.0 Å². The number of fused-ring (bicyclic) bond motifs is 3. The molecule has 6 nitrogen and oxygen atoms in total. The average Bonchev–Trinajstić information content (AvgIpc) is 3.24. The maximum atomic E-state index is 16.2. The molecule has 4 heterocycles. The molecule has 2 saturated heterocycles. The number of pyridine rings is 1. The zero-order chi connectivity index (χ0) is 25.3. The molecular formula is C28H24F2N4O2. The van der Waals surface area contributed by atoms with Gasteiger partial charge in [0.1, 0.15) is 11.2 Å². The van der Waals surface area contributed by atoms with Crippen molar-refractivity contribution in [2.45, 2.75) is 44.8 Å². The number of amides is 1. The lowest BCUT2D eigenvalue weighted by Gasteiger charge is -2.54. The van der Waals surface area contributed by atoms with Crippen molar-refractivity contribution in [3.8, 4) is 12.3 Å². The molecule has 1 aliphatic carbocycles. The first kappa shape index (κ1) is 22.4. The van der Waals surface area contributed by atoms with Crippen LogP contribution >= 0.6 is 0 Å².